The van der Waals surface area contributed by atoms with E-state index < -0.39 is 0 Å². The number of hydrogen-bond donors (Lipinski definition) is 1. The van der Waals surface area contributed by atoms with E-state index in [1.807, 2.05) is 34.1 Å². The summed E-state index contributed by atoms with van der Waals surface area (Å²) in [6, 6.07) is 11.9. The van der Waals surface area contributed by atoms with Crippen LogP contribution in [0.25, 0.3) is 0 Å². The first-order chi connectivity index (χ1) is 18.0. The van der Waals surface area contributed by atoms with Crippen LogP contribution in [-0.4, -0.2) is 71.3 Å². The summed E-state index contributed by atoms with van der Waals surface area (Å²) in [4.78, 5) is 50.1. The molecule has 4 heterocycles. The zero-order valence-corrected chi connectivity index (χ0v) is 21.1. The first kappa shape index (κ1) is 22.8. The largest absolute Gasteiger partial charge is 0.356 e. The maximum Gasteiger partial charge on any atom is 0.322 e. The van der Waals surface area contributed by atoms with Crippen molar-refractivity contribution in [1.29, 1.82) is 0 Å². The smallest absolute Gasteiger partial charge is 0.322 e. The van der Waals surface area contributed by atoms with Crippen molar-refractivity contribution in [1.82, 2.24) is 14.8 Å². The molecule has 2 aromatic rings. The summed E-state index contributed by atoms with van der Waals surface area (Å²) in [5, 5.41) is 3.08. The zero-order valence-electron chi connectivity index (χ0n) is 21.1. The third kappa shape index (κ3) is 3.88. The number of hydrogen-bond acceptors (Lipinski definition) is 5. The second-order valence-electron chi connectivity index (χ2n) is 11.7. The molecule has 3 amide bonds. The number of ketones is 1. The lowest BCUT2D eigenvalue weighted by atomic mass is 9.82. The molecule has 192 valence electrons. The molecule has 37 heavy (non-hydrogen) atoms. The highest BCUT2D eigenvalue weighted by molar-refractivity contribution is 6.00. The van der Waals surface area contributed by atoms with E-state index in [2.05, 4.69) is 21.3 Å². The molecule has 0 bridgehead atoms. The van der Waals surface area contributed by atoms with Gasteiger partial charge in [-0.3, -0.25) is 9.59 Å². The van der Waals surface area contributed by atoms with Gasteiger partial charge in [0, 0.05) is 67.0 Å². The van der Waals surface area contributed by atoms with Gasteiger partial charge in [0.2, 0.25) is 0 Å². The van der Waals surface area contributed by atoms with Crippen LogP contribution in [0.2, 0.25) is 0 Å². The number of likely N-dealkylation sites (tertiary alicyclic amines) is 1. The predicted molar refractivity (Wildman–Crippen MR) is 140 cm³/mol. The third-order valence-corrected chi connectivity index (χ3v) is 9.31. The van der Waals surface area contributed by atoms with Crippen molar-refractivity contribution < 1.29 is 14.4 Å². The summed E-state index contributed by atoms with van der Waals surface area (Å²) < 4.78 is 0. The number of Topliss-reactive ketones (excluding diaryl/α,β-unsaturated/α-hetero) is 1. The highest BCUT2D eigenvalue weighted by Crippen LogP contribution is 2.62. The topological polar surface area (TPSA) is 85.8 Å². The highest BCUT2D eigenvalue weighted by Gasteiger charge is 2.66. The molecule has 1 aromatic heterocycles. The fraction of sp³-hybridized carbons (Fsp3) is 0.517. The molecule has 2 spiro atoms. The van der Waals surface area contributed by atoms with E-state index in [1.54, 1.807) is 12.3 Å². The molecule has 8 heteroatoms. The molecule has 8 nitrogen and oxygen atoms in total. The van der Waals surface area contributed by atoms with E-state index in [0.717, 1.165) is 76.1 Å². The molecule has 3 aliphatic heterocycles. The maximum atomic E-state index is 13.5. The number of urea groups is 1. The minimum atomic E-state index is -0.261. The number of carbonyl (C=O) groups excluding carboxylic acids is 3. The molecule has 1 aromatic carbocycles. The molecule has 0 atom stereocenters. The van der Waals surface area contributed by atoms with Crippen LogP contribution in [0.5, 0.6) is 0 Å². The number of fused-ring (bicyclic) bond motifs is 1. The van der Waals surface area contributed by atoms with Gasteiger partial charge in [-0.2, -0.15) is 0 Å². The third-order valence-electron chi connectivity index (χ3n) is 9.31. The highest BCUT2D eigenvalue weighted by atomic mass is 16.2. The molecule has 1 N–H and O–H groups in total. The lowest BCUT2D eigenvalue weighted by Gasteiger charge is -2.39. The second kappa shape index (κ2) is 8.30. The molecule has 5 aliphatic rings. The molecule has 4 fully saturated rings. The van der Waals surface area contributed by atoms with Crippen LogP contribution in [0.4, 0.5) is 16.3 Å². The van der Waals surface area contributed by atoms with Crippen LogP contribution < -0.4 is 10.2 Å². The number of amides is 3. The molecule has 7 rings (SSSR count). The number of benzene rings is 1. The average Bonchev–Trinajstić information content (AvgIpc) is 3.85. The van der Waals surface area contributed by atoms with Gasteiger partial charge in [-0.05, 0) is 68.7 Å². The Balaban J connectivity index is 1.01. The number of aromatic nitrogens is 1. The number of rotatable bonds is 3. The number of para-hydroxylation sites is 1. The van der Waals surface area contributed by atoms with Crippen LogP contribution in [0.15, 0.2) is 42.6 Å². The van der Waals surface area contributed by atoms with E-state index in [0.29, 0.717) is 24.4 Å². The number of anilines is 2. The second-order valence-corrected chi connectivity index (χ2v) is 11.7. The Morgan fingerprint density at radius 1 is 0.946 bits per heavy atom. The van der Waals surface area contributed by atoms with Gasteiger partial charge >= 0.3 is 6.03 Å². The van der Waals surface area contributed by atoms with Crippen molar-refractivity contribution in [3.63, 3.8) is 0 Å². The Hall–Kier alpha value is -3.42. The van der Waals surface area contributed by atoms with Gasteiger partial charge in [-0.15, -0.1) is 0 Å². The van der Waals surface area contributed by atoms with Gasteiger partial charge in [0.1, 0.15) is 11.6 Å². The van der Waals surface area contributed by atoms with E-state index in [9.17, 15) is 14.4 Å². The van der Waals surface area contributed by atoms with E-state index in [4.69, 9.17) is 0 Å². The van der Waals surface area contributed by atoms with Gasteiger partial charge in [-0.25, -0.2) is 9.78 Å². The number of pyridine rings is 1. The number of piperidine rings is 2. The minimum Gasteiger partial charge on any atom is -0.356 e. The Morgan fingerprint density at radius 2 is 1.65 bits per heavy atom. The van der Waals surface area contributed by atoms with E-state index in [1.165, 1.54) is 5.56 Å². The number of nitrogens with one attached hydrogen (secondary N) is 1. The Bertz CT molecular complexity index is 1250. The van der Waals surface area contributed by atoms with Gasteiger partial charge in [0.15, 0.2) is 0 Å². The van der Waals surface area contributed by atoms with Gasteiger partial charge in [0.05, 0.1) is 0 Å². The van der Waals surface area contributed by atoms with Crippen molar-refractivity contribution in [3.8, 4) is 0 Å². The molecular formula is C29H33N5O3. The summed E-state index contributed by atoms with van der Waals surface area (Å²) in [6.07, 6.45) is 8.01. The lowest BCUT2D eigenvalue weighted by Crippen LogP contribution is -2.51. The quantitative estimate of drug-likeness (QED) is 0.696. The fourth-order valence-corrected chi connectivity index (χ4v) is 6.76. The van der Waals surface area contributed by atoms with E-state index in [-0.39, 0.29) is 28.8 Å². The predicted octanol–water partition coefficient (Wildman–Crippen LogP) is 3.73. The van der Waals surface area contributed by atoms with Crippen LogP contribution in [0.3, 0.4) is 0 Å². The first-order valence-corrected chi connectivity index (χ1v) is 13.7. The summed E-state index contributed by atoms with van der Waals surface area (Å²) in [5.41, 5.74) is 2.22. The number of nitrogens with zero attached hydrogens (tertiary/aromatic N) is 4. The van der Waals surface area contributed by atoms with Crippen LogP contribution in [-0.2, 0) is 11.2 Å². The normalized spacial score (nSPS) is 24.1. The van der Waals surface area contributed by atoms with Crippen molar-refractivity contribution in [3.05, 3.63) is 53.7 Å². The molecule has 2 aliphatic carbocycles. The lowest BCUT2D eigenvalue weighted by molar-refractivity contribution is -0.133. The van der Waals surface area contributed by atoms with E-state index >= 15 is 0 Å². The Labute approximate surface area is 217 Å². The molecule has 2 saturated carbocycles. The van der Waals surface area contributed by atoms with Crippen LogP contribution >= 0.6 is 0 Å². The van der Waals surface area contributed by atoms with Gasteiger partial charge in [-0.1, -0.05) is 18.2 Å². The van der Waals surface area contributed by atoms with Crippen LogP contribution in [0.1, 0.15) is 54.4 Å². The Morgan fingerprint density at radius 3 is 2.35 bits per heavy atom. The zero-order chi connectivity index (χ0) is 25.2. The first-order valence-electron chi connectivity index (χ1n) is 13.7. The molecule has 0 unspecified atom stereocenters. The van der Waals surface area contributed by atoms with Crippen molar-refractivity contribution >= 4 is 29.2 Å². The average molecular weight is 500 g/mol. The van der Waals surface area contributed by atoms with Crippen molar-refractivity contribution in [2.24, 2.45) is 10.8 Å². The SMILES string of the molecule is O=C(c1ccnc(N2CCC(N3CCc4ccccc4NC3=O)CC2)c1)N1CC2(CC2)C(=O)C2(CC2)C1. The summed E-state index contributed by atoms with van der Waals surface area (Å²) in [5.74, 6) is 1.25. The summed E-state index contributed by atoms with van der Waals surface area (Å²) in [6.45, 7) is 3.43. The minimum absolute atomic E-state index is 0.0176. The van der Waals surface area contributed by atoms with Crippen LogP contribution in [0, 0.1) is 10.8 Å². The summed E-state index contributed by atoms with van der Waals surface area (Å²) >= 11 is 0. The monoisotopic (exact) mass is 499 g/mol. The molecule has 2 saturated heterocycles. The fourth-order valence-electron chi connectivity index (χ4n) is 6.76. The van der Waals surface area contributed by atoms with Gasteiger partial charge < -0.3 is 20.0 Å². The standard InChI is InChI=1S/C29H33N5O3/c35-25(33-18-28(9-10-28)26(36)29(19-33)11-12-29)21-5-13-30-24(17-21)32-14-7-22(8-15-32)34-16-6-20-3-1-2-4-23(20)31-27(34)37/h1-5,13,17,22H,6-12,14-16,18-19H2,(H,31,37). The molecule has 0 radical (unpaired) electrons. The summed E-state index contributed by atoms with van der Waals surface area (Å²) in [7, 11) is 0. The van der Waals surface area contributed by atoms with Gasteiger partial charge in [0.25, 0.3) is 5.91 Å². The Kier molecular flexibility index (Phi) is 5.10. The number of carbonyl (C=O) groups is 3. The van der Waals surface area contributed by atoms with Crippen molar-refractivity contribution in [2.45, 2.75) is 51.0 Å². The molecular weight excluding hydrogens is 466 g/mol. The van der Waals surface area contributed by atoms with Crippen molar-refractivity contribution in [2.75, 3.05) is 42.9 Å². The maximum absolute atomic E-state index is 13.5.